The lowest BCUT2D eigenvalue weighted by atomic mass is 10.1. The molecule has 27 heavy (non-hydrogen) atoms. The Morgan fingerprint density at radius 1 is 1.26 bits per heavy atom. The number of nitrogens with zero attached hydrogens (tertiary/aromatic N) is 2. The van der Waals surface area contributed by atoms with Gasteiger partial charge in [0, 0.05) is 30.5 Å². The monoisotopic (exact) mass is 433 g/mol. The highest BCUT2D eigenvalue weighted by atomic mass is 79.9. The zero-order chi connectivity index (χ0) is 19.2. The largest absolute Gasteiger partial charge is 0.491 e. The Kier molecular flexibility index (Phi) is 6.60. The third-order valence-electron chi connectivity index (χ3n) is 4.11. The summed E-state index contributed by atoms with van der Waals surface area (Å²) in [6.45, 7) is 0.412. The van der Waals surface area contributed by atoms with Crippen molar-refractivity contribution in [2.24, 2.45) is 7.05 Å². The van der Waals surface area contributed by atoms with Crippen LogP contribution < -0.4 is 10.1 Å². The number of nitrogens with one attached hydrogen (secondary N) is 1. The molecule has 2 atom stereocenters. The fraction of sp³-hybridized carbons (Fsp3) is 0.250. The number of ether oxygens (including phenoxy) is 1. The van der Waals surface area contributed by atoms with Crippen molar-refractivity contribution in [1.29, 1.82) is 0 Å². The quantitative estimate of drug-likeness (QED) is 0.571. The van der Waals surface area contributed by atoms with Crippen molar-refractivity contribution in [2.75, 3.05) is 13.2 Å². The molecule has 7 heteroatoms. The van der Waals surface area contributed by atoms with Crippen LogP contribution in [0.5, 0.6) is 5.75 Å². The molecule has 1 heterocycles. The highest BCUT2D eigenvalue weighted by molar-refractivity contribution is 9.10. The first-order valence-electron chi connectivity index (χ1n) is 8.55. The van der Waals surface area contributed by atoms with Crippen LogP contribution in [0.3, 0.4) is 0 Å². The molecule has 2 aromatic carbocycles. The lowest BCUT2D eigenvalue weighted by molar-refractivity contribution is 0.104. The highest BCUT2D eigenvalue weighted by Gasteiger charge is 2.20. The smallest absolute Gasteiger partial charge is 0.130 e. The molecular formula is C20H21BrFN3O2. The van der Waals surface area contributed by atoms with Crippen LogP contribution in [0.4, 0.5) is 4.39 Å². The molecule has 0 aliphatic rings. The molecule has 5 nitrogen and oxygen atoms in total. The Balaban J connectivity index is 1.64. The number of hydrogen-bond donors (Lipinski definition) is 2. The van der Waals surface area contributed by atoms with Crippen molar-refractivity contribution in [1.82, 2.24) is 14.9 Å². The maximum absolute atomic E-state index is 13.7. The standard InChI is InChI=1S/C20H21BrFN3O2/c1-25-10-9-23-20(25)19(14-3-2-4-16(22)11-14)24-12-17(26)13-27-18-7-5-15(21)6-8-18/h2-11,17,19,24,26H,12-13H2,1H3. The summed E-state index contributed by atoms with van der Waals surface area (Å²) in [5.74, 6) is 1.11. The van der Waals surface area contributed by atoms with E-state index < -0.39 is 6.10 Å². The Labute approximate surface area is 165 Å². The van der Waals surface area contributed by atoms with Crippen LogP contribution in [0.15, 0.2) is 65.4 Å². The molecule has 0 bridgehead atoms. The Morgan fingerprint density at radius 3 is 2.70 bits per heavy atom. The summed E-state index contributed by atoms with van der Waals surface area (Å²) in [6.07, 6.45) is 2.79. The Morgan fingerprint density at radius 2 is 2.04 bits per heavy atom. The number of aryl methyl sites for hydroxylation is 1. The second-order valence-corrected chi connectivity index (χ2v) is 7.13. The molecule has 2 unspecified atom stereocenters. The average Bonchev–Trinajstić information content (AvgIpc) is 3.07. The van der Waals surface area contributed by atoms with Crippen molar-refractivity contribution >= 4 is 15.9 Å². The number of halogens is 2. The number of rotatable bonds is 8. The van der Waals surface area contributed by atoms with Crippen molar-refractivity contribution < 1.29 is 14.2 Å². The zero-order valence-corrected chi connectivity index (χ0v) is 16.4. The predicted octanol–water partition coefficient (Wildman–Crippen LogP) is 3.44. The summed E-state index contributed by atoms with van der Waals surface area (Å²) < 4.78 is 22.1. The summed E-state index contributed by atoms with van der Waals surface area (Å²) in [4.78, 5) is 4.36. The Bertz CT molecular complexity index is 870. The molecule has 1 aromatic heterocycles. The lowest BCUT2D eigenvalue weighted by Gasteiger charge is -2.21. The van der Waals surface area contributed by atoms with Gasteiger partial charge >= 0.3 is 0 Å². The fourth-order valence-electron chi connectivity index (χ4n) is 2.74. The number of imidazole rings is 1. The molecule has 0 spiro atoms. The second kappa shape index (κ2) is 9.12. The first-order chi connectivity index (χ1) is 13.0. The van der Waals surface area contributed by atoms with Gasteiger partial charge in [-0.15, -0.1) is 0 Å². The lowest BCUT2D eigenvalue weighted by Crippen LogP contribution is -2.35. The molecule has 3 rings (SSSR count). The van der Waals surface area contributed by atoms with Gasteiger partial charge in [-0.2, -0.15) is 0 Å². The van der Waals surface area contributed by atoms with E-state index >= 15 is 0 Å². The van der Waals surface area contributed by atoms with Crippen molar-refractivity contribution in [3.63, 3.8) is 0 Å². The van der Waals surface area contributed by atoms with E-state index in [-0.39, 0.29) is 25.0 Å². The van der Waals surface area contributed by atoms with Crippen LogP contribution in [-0.4, -0.2) is 33.9 Å². The van der Waals surface area contributed by atoms with E-state index in [9.17, 15) is 9.50 Å². The zero-order valence-electron chi connectivity index (χ0n) is 14.8. The van der Waals surface area contributed by atoms with Crippen LogP contribution in [0.2, 0.25) is 0 Å². The van der Waals surface area contributed by atoms with Crippen molar-refractivity contribution in [2.45, 2.75) is 12.1 Å². The third kappa shape index (κ3) is 5.38. The summed E-state index contributed by atoms with van der Waals surface area (Å²) in [7, 11) is 1.88. The minimum absolute atomic E-state index is 0.144. The van der Waals surface area contributed by atoms with Crippen LogP contribution in [0, 0.1) is 5.82 Å². The van der Waals surface area contributed by atoms with Gasteiger partial charge in [0.15, 0.2) is 0 Å². The van der Waals surface area contributed by atoms with Gasteiger partial charge in [0.05, 0.1) is 6.04 Å². The number of hydrogen-bond acceptors (Lipinski definition) is 4. The molecule has 142 valence electrons. The van der Waals surface area contributed by atoms with E-state index in [2.05, 4.69) is 26.2 Å². The molecule has 0 aliphatic carbocycles. The van der Waals surface area contributed by atoms with Gasteiger partial charge < -0.3 is 19.7 Å². The van der Waals surface area contributed by atoms with E-state index in [0.717, 1.165) is 15.9 Å². The van der Waals surface area contributed by atoms with Gasteiger partial charge in [-0.1, -0.05) is 28.1 Å². The van der Waals surface area contributed by atoms with Gasteiger partial charge in [0.1, 0.15) is 30.1 Å². The van der Waals surface area contributed by atoms with Crippen LogP contribution in [0.25, 0.3) is 0 Å². The van der Waals surface area contributed by atoms with Crippen LogP contribution in [0.1, 0.15) is 17.4 Å². The fourth-order valence-corrected chi connectivity index (χ4v) is 3.00. The second-order valence-electron chi connectivity index (χ2n) is 6.21. The summed E-state index contributed by atoms with van der Waals surface area (Å²) in [5, 5.41) is 13.5. The van der Waals surface area contributed by atoms with Gasteiger partial charge in [-0.05, 0) is 42.0 Å². The molecule has 2 N–H and O–H groups in total. The van der Waals surface area contributed by atoms with E-state index in [1.165, 1.54) is 12.1 Å². The average molecular weight is 434 g/mol. The molecule has 0 aliphatic heterocycles. The molecule has 0 amide bonds. The molecule has 0 fully saturated rings. The minimum atomic E-state index is -0.732. The summed E-state index contributed by atoms with van der Waals surface area (Å²) in [5.41, 5.74) is 0.741. The topological polar surface area (TPSA) is 59.3 Å². The van der Waals surface area contributed by atoms with Crippen LogP contribution in [-0.2, 0) is 7.05 Å². The first kappa shape index (κ1) is 19.5. The van der Waals surface area contributed by atoms with E-state index in [1.807, 2.05) is 48.1 Å². The molecular weight excluding hydrogens is 413 g/mol. The van der Waals surface area contributed by atoms with Gasteiger partial charge in [-0.25, -0.2) is 9.37 Å². The maximum Gasteiger partial charge on any atom is 0.130 e. The highest BCUT2D eigenvalue weighted by Crippen LogP contribution is 2.21. The molecule has 3 aromatic rings. The summed E-state index contributed by atoms with van der Waals surface area (Å²) >= 11 is 3.37. The van der Waals surface area contributed by atoms with Crippen molar-refractivity contribution in [3.8, 4) is 5.75 Å². The number of aliphatic hydroxyl groups excluding tert-OH is 1. The van der Waals surface area contributed by atoms with E-state index in [1.54, 1.807) is 12.3 Å². The normalized spacial score (nSPS) is 13.3. The molecule has 0 saturated heterocycles. The van der Waals surface area contributed by atoms with Crippen molar-refractivity contribution in [3.05, 3.63) is 82.6 Å². The van der Waals surface area contributed by atoms with Crippen LogP contribution >= 0.6 is 15.9 Å². The van der Waals surface area contributed by atoms with Gasteiger partial charge in [-0.3, -0.25) is 0 Å². The first-order valence-corrected chi connectivity index (χ1v) is 9.34. The Hall–Kier alpha value is -2.22. The van der Waals surface area contributed by atoms with E-state index in [4.69, 9.17) is 4.74 Å². The van der Waals surface area contributed by atoms with Gasteiger partial charge in [0.25, 0.3) is 0 Å². The predicted molar refractivity (Wildman–Crippen MR) is 105 cm³/mol. The third-order valence-corrected chi connectivity index (χ3v) is 4.64. The number of aromatic nitrogens is 2. The minimum Gasteiger partial charge on any atom is -0.491 e. The van der Waals surface area contributed by atoms with Gasteiger partial charge in [0.2, 0.25) is 0 Å². The maximum atomic E-state index is 13.7. The molecule has 0 radical (unpaired) electrons. The molecule has 0 saturated carbocycles. The number of benzene rings is 2. The van der Waals surface area contributed by atoms with E-state index in [0.29, 0.717) is 5.75 Å². The number of aliphatic hydroxyl groups is 1. The SMILES string of the molecule is Cn1ccnc1C(NCC(O)COc1ccc(Br)cc1)c1cccc(F)c1. The summed E-state index contributed by atoms with van der Waals surface area (Å²) in [6, 6.07) is 13.4.